The zero-order chi connectivity index (χ0) is 15.0. The van der Waals surface area contributed by atoms with Gasteiger partial charge in [0.15, 0.2) is 5.78 Å². The molecule has 0 saturated heterocycles. The number of amides is 1. The fourth-order valence-electron chi connectivity index (χ4n) is 1.53. The van der Waals surface area contributed by atoms with E-state index in [0.29, 0.717) is 6.42 Å². The molecule has 7 heteroatoms. The van der Waals surface area contributed by atoms with Crippen LogP contribution in [0.2, 0.25) is 0 Å². The van der Waals surface area contributed by atoms with Gasteiger partial charge in [-0.2, -0.15) is 0 Å². The van der Waals surface area contributed by atoms with E-state index in [1.54, 1.807) is 0 Å². The predicted octanol–water partition coefficient (Wildman–Crippen LogP) is -2.18. The maximum absolute atomic E-state index is 12.0. The minimum atomic E-state index is -0.902. The van der Waals surface area contributed by atoms with Crippen LogP contribution in [0, 0.1) is 5.92 Å². The Morgan fingerprint density at radius 2 is 1.85 bits per heavy atom. The van der Waals surface area contributed by atoms with Crippen LogP contribution in [0.1, 0.15) is 35.5 Å². The predicted molar refractivity (Wildman–Crippen MR) is 74.8 cm³/mol. The van der Waals surface area contributed by atoms with Crippen LogP contribution in [0.15, 0.2) is 0 Å². The van der Waals surface area contributed by atoms with Crippen LogP contribution < -0.4 is 62.0 Å². The van der Waals surface area contributed by atoms with Crippen LogP contribution in [0.25, 0.3) is 5.73 Å². The van der Waals surface area contributed by atoms with Crippen molar-refractivity contribution in [2.75, 3.05) is 6.54 Å². The quantitative estimate of drug-likeness (QED) is 0.373. The topological polar surface area (TPSA) is 99.1 Å². The minimum Gasteiger partial charge on any atom is -1.00 e. The fraction of sp³-hybridized carbons (Fsp3) is 0.769. The third kappa shape index (κ3) is 8.61. The van der Waals surface area contributed by atoms with Gasteiger partial charge in [-0.3, -0.25) is 9.59 Å². The Hall–Kier alpha value is 0.366. The summed E-state index contributed by atoms with van der Waals surface area (Å²) in [5.41, 5.74) is 7.30. The molecule has 0 aliphatic heterocycles. The van der Waals surface area contributed by atoms with Gasteiger partial charge in [0.25, 0.3) is 0 Å². The number of ketones is 1. The molecule has 20 heavy (non-hydrogen) atoms. The SMILES string of the molecule is CC[C@@H](C=O)NCC(=O)[C@@H](NC(=O)C(C)[NH-])C(C)C.[3H-].[K+]. The van der Waals surface area contributed by atoms with Crippen molar-refractivity contribution in [3.8, 4) is 0 Å². The van der Waals surface area contributed by atoms with Gasteiger partial charge in [-0.1, -0.05) is 33.7 Å². The van der Waals surface area contributed by atoms with E-state index in [0.717, 1.165) is 6.29 Å². The molecule has 0 fully saturated rings. The molecule has 0 spiro atoms. The Labute approximate surface area is 164 Å². The Bertz CT molecular complexity index is 328. The van der Waals surface area contributed by atoms with Crippen molar-refractivity contribution >= 4 is 18.0 Å². The van der Waals surface area contributed by atoms with Crippen molar-refractivity contribution in [3.63, 3.8) is 0 Å². The van der Waals surface area contributed by atoms with Crippen LogP contribution in [0.5, 0.6) is 0 Å². The Kier molecular flexibility index (Phi) is 13.5. The van der Waals surface area contributed by atoms with Crippen molar-refractivity contribution in [2.45, 2.75) is 52.2 Å². The number of Topliss-reactive ketones (excluding diaryl/α,β-unsaturated/α-hetero) is 1. The van der Waals surface area contributed by atoms with E-state index in [1.165, 1.54) is 6.92 Å². The van der Waals surface area contributed by atoms with Gasteiger partial charge in [0, 0.05) is 0 Å². The van der Waals surface area contributed by atoms with Crippen molar-refractivity contribution in [1.82, 2.24) is 10.6 Å². The number of rotatable bonds is 9. The van der Waals surface area contributed by atoms with Crippen molar-refractivity contribution in [2.24, 2.45) is 5.92 Å². The summed E-state index contributed by atoms with van der Waals surface area (Å²) in [7, 11) is 0. The molecule has 1 amide bonds. The summed E-state index contributed by atoms with van der Waals surface area (Å²) in [6, 6.07) is -1.88. The molecule has 0 bridgehead atoms. The molecular formula is C13H25KN3O3-. The molecule has 0 aromatic carbocycles. The van der Waals surface area contributed by atoms with Gasteiger partial charge in [-0.15, -0.1) is 0 Å². The van der Waals surface area contributed by atoms with Crippen LogP contribution in [0.4, 0.5) is 0 Å². The van der Waals surface area contributed by atoms with Crippen molar-refractivity contribution in [3.05, 3.63) is 5.73 Å². The minimum absolute atomic E-state index is 0. The molecule has 6 nitrogen and oxygen atoms in total. The number of carbonyl (C=O) groups is 3. The molecule has 0 aromatic heterocycles. The Morgan fingerprint density at radius 3 is 2.20 bits per heavy atom. The zero-order valence-electron chi connectivity index (χ0n) is 14.0. The van der Waals surface area contributed by atoms with Crippen LogP contribution in [-0.2, 0) is 14.4 Å². The van der Waals surface area contributed by atoms with Gasteiger partial charge < -0.3 is 22.6 Å². The largest absolute Gasteiger partial charge is 1.00 e. The van der Waals surface area contributed by atoms with E-state index in [1.807, 2.05) is 20.8 Å². The summed E-state index contributed by atoms with van der Waals surface area (Å²) in [6.07, 6.45) is 1.38. The summed E-state index contributed by atoms with van der Waals surface area (Å²) in [5, 5.41) is 5.41. The second kappa shape index (κ2) is 12.0. The smallest absolute Gasteiger partial charge is 1.00 e. The first kappa shape index (κ1) is 22.6. The van der Waals surface area contributed by atoms with Gasteiger partial charge in [0.05, 0.1) is 18.6 Å². The number of aldehydes is 1. The third-order valence-corrected chi connectivity index (χ3v) is 2.85. The monoisotopic (exact) mass is 312 g/mol. The van der Waals surface area contributed by atoms with E-state index in [9.17, 15) is 14.4 Å². The van der Waals surface area contributed by atoms with Crippen LogP contribution in [0.3, 0.4) is 0 Å². The zero-order valence-corrected chi connectivity index (χ0v) is 16.1. The summed E-state index contributed by atoms with van der Waals surface area (Å²) in [4.78, 5) is 34.2. The van der Waals surface area contributed by atoms with E-state index < -0.39 is 18.0 Å². The number of hydrogen-bond donors (Lipinski definition) is 2. The van der Waals surface area contributed by atoms with Gasteiger partial charge in [0.2, 0.25) is 5.91 Å². The van der Waals surface area contributed by atoms with Crippen LogP contribution >= 0.6 is 0 Å². The van der Waals surface area contributed by atoms with Gasteiger partial charge >= 0.3 is 51.4 Å². The van der Waals surface area contributed by atoms with E-state index in [4.69, 9.17) is 5.73 Å². The third-order valence-electron chi connectivity index (χ3n) is 2.85. The maximum atomic E-state index is 12.0. The molecule has 0 aromatic rings. The summed E-state index contributed by atoms with van der Waals surface area (Å²) in [5.74, 6) is -0.702. The molecule has 0 aliphatic carbocycles. The number of hydrogen-bond acceptors (Lipinski definition) is 4. The molecule has 3 N–H and O–H groups in total. The second-order valence-electron chi connectivity index (χ2n) is 4.95. The fourth-order valence-corrected chi connectivity index (χ4v) is 1.53. The first-order valence-corrected chi connectivity index (χ1v) is 6.56. The number of carbonyl (C=O) groups excluding carboxylic acids is 3. The first-order chi connectivity index (χ1) is 8.83. The maximum Gasteiger partial charge on any atom is 1.00 e. The Balaban J connectivity index is -0.00000162. The molecule has 0 saturated carbocycles. The molecule has 1 unspecified atom stereocenters. The van der Waals surface area contributed by atoms with Gasteiger partial charge in [-0.25, -0.2) is 0 Å². The molecule has 0 rings (SSSR count). The van der Waals surface area contributed by atoms with Gasteiger partial charge in [0.1, 0.15) is 6.29 Å². The molecule has 0 aliphatic rings. The van der Waals surface area contributed by atoms with Crippen molar-refractivity contribution in [1.29, 1.82) is 0 Å². The second-order valence-corrected chi connectivity index (χ2v) is 4.95. The summed E-state index contributed by atoms with van der Waals surface area (Å²) >= 11 is 0. The molecule has 0 heterocycles. The molecular weight excluding hydrogens is 285 g/mol. The average Bonchev–Trinajstić information content (AvgIpc) is 2.35. The normalized spacial score (nSPS) is 14.9. The summed E-state index contributed by atoms with van der Waals surface area (Å²) < 4.78 is 0. The molecule has 3 atom stereocenters. The molecule has 0 radical (unpaired) electrons. The van der Waals surface area contributed by atoms with Crippen molar-refractivity contribution < 1.29 is 67.2 Å². The van der Waals surface area contributed by atoms with E-state index in [-0.39, 0.29) is 77.1 Å². The Morgan fingerprint density at radius 1 is 1.30 bits per heavy atom. The average molecular weight is 312 g/mol. The van der Waals surface area contributed by atoms with Gasteiger partial charge in [-0.05, 0) is 12.3 Å². The standard InChI is InChI=1S/C13H24N3O3.K.H/c1-5-10(7-17)15-6-11(18)12(8(2)3)16-13(19)9(4)14;;/h7-10,12,14-15H,5-6H2,1-4H3,(H,16,19);;/q-1;+1;-1/t9?,10-,12-;;/m0../s1/i;;1+2. The summed E-state index contributed by atoms with van der Waals surface area (Å²) in [6.45, 7) is 6.99. The first-order valence-electron chi connectivity index (χ1n) is 6.56. The molecule has 112 valence electrons. The van der Waals surface area contributed by atoms with Crippen LogP contribution in [-0.4, -0.2) is 42.6 Å². The van der Waals surface area contributed by atoms with E-state index in [2.05, 4.69) is 10.6 Å². The van der Waals surface area contributed by atoms with E-state index >= 15 is 0 Å². The number of nitrogens with one attached hydrogen (secondary N) is 3.